The van der Waals surface area contributed by atoms with Crippen LogP contribution in [0.5, 0.6) is 0 Å². The van der Waals surface area contributed by atoms with E-state index >= 15 is 0 Å². The Bertz CT molecular complexity index is 1530. The quantitative estimate of drug-likeness (QED) is 0.0932. The number of hydrogen-bond acceptors (Lipinski definition) is 10. The SMILES string of the molecule is CCON[C@H](C(=O)NN(Cc1ccc(-c2ccccn2)cc1)C[C@H](O)[C@H](Cc1ccccc1)NC(=O)[C@@H](NC(=O)OC)C(C)C)C(C)C=C=O. The first-order valence-electron chi connectivity index (χ1n) is 16.6. The molecule has 5 atom stereocenters. The van der Waals surface area contributed by atoms with Crippen molar-refractivity contribution < 1.29 is 33.9 Å². The summed E-state index contributed by atoms with van der Waals surface area (Å²) in [6.45, 7) is 7.34. The number of carbonyl (C=O) groups is 3. The lowest BCUT2D eigenvalue weighted by Gasteiger charge is -2.33. The average Bonchev–Trinajstić information content (AvgIpc) is 3.11. The van der Waals surface area contributed by atoms with Gasteiger partial charge in [-0.3, -0.25) is 20.0 Å². The van der Waals surface area contributed by atoms with Crippen molar-refractivity contribution >= 4 is 23.8 Å². The highest BCUT2D eigenvalue weighted by Crippen LogP contribution is 2.18. The Labute approximate surface area is 293 Å². The third kappa shape index (κ3) is 12.5. The first kappa shape index (κ1) is 39.5. The molecule has 13 heteroatoms. The van der Waals surface area contributed by atoms with Gasteiger partial charge >= 0.3 is 6.09 Å². The van der Waals surface area contributed by atoms with E-state index in [2.05, 4.69) is 26.5 Å². The number of benzene rings is 2. The van der Waals surface area contributed by atoms with Crippen LogP contribution < -0.4 is 21.5 Å². The third-order valence-electron chi connectivity index (χ3n) is 7.96. The number of aliphatic hydroxyl groups is 1. The number of hydrogen-bond donors (Lipinski definition) is 5. The van der Waals surface area contributed by atoms with Crippen LogP contribution in [-0.2, 0) is 36.9 Å². The second-order valence-corrected chi connectivity index (χ2v) is 12.2. The number of aliphatic hydroxyl groups excluding tert-OH is 1. The Morgan fingerprint density at radius 3 is 2.22 bits per heavy atom. The maximum atomic E-state index is 13.7. The maximum absolute atomic E-state index is 13.7. The molecule has 0 radical (unpaired) electrons. The number of pyridine rings is 1. The molecule has 268 valence electrons. The number of methoxy groups -OCH3 is 1. The second-order valence-electron chi connectivity index (χ2n) is 12.2. The minimum Gasteiger partial charge on any atom is -0.453 e. The summed E-state index contributed by atoms with van der Waals surface area (Å²) in [7, 11) is 1.21. The highest BCUT2D eigenvalue weighted by atomic mass is 16.6. The Hall–Kier alpha value is -4.91. The smallest absolute Gasteiger partial charge is 0.407 e. The topological polar surface area (TPSA) is 171 Å². The fraction of sp³-hybridized carbons (Fsp3) is 0.405. The van der Waals surface area contributed by atoms with Gasteiger partial charge in [0.05, 0.1) is 31.6 Å². The molecular formula is C37H48N6O7. The lowest BCUT2D eigenvalue weighted by molar-refractivity contribution is -0.135. The van der Waals surface area contributed by atoms with Crippen molar-refractivity contribution in [2.24, 2.45) is 11.8 Å². The number of nitrogens with zero attached hydrogens (tertiary/aromatic N) is 2. The van der Waals surface area contributed by atoms with Gasteiger partial charge in [0.1, 0.15) is 18.0 Å². The fourth-order valence-corrected chi connectivity index (χ4v) is 5.18. The standard InChI is InChI=1S/C37H48N6O7/c1-6-50-42-34(26(4)19-21-44)36(47)41-43(23-28-15-17-29(18-16-28)30-14-10-11-20-38-30)24-32(45)31(22-27-12-8-7-9-13-27)39-35(46)33(25(2)3)40-37(48)49-5/h7-20,25-26,31-34,42,45H,6,22-24H2,1-5H3,(H,39,46)(H,40,48)(H,41,47)/t26?,31-,32-,33-,34-/m0/s1. The average molecular weight is 689 g/mol. The number of amides is 3. The predicted octanol–water partition coefficient (Wildman–Crippen LogP) is 2.98. The summed E-state index contributed by atoms with van der Waals surface area (Å²) in [4.78, 5) is 60.1. The molecule has 0 aliphatic heterocycles. The van der Waals surface area contributed by atoms with E-state index in [4.69, 9.17) is 9.57 Å². The van der Waals surface area contributed by atoms with Crippen LogP contribution in [0.1, 0.15) is 38.8 Å². The highest BCUT2D eigenvalue weighted by molar-refractivity contribution is 5.86. The van der Waals surface area contributed by atoms with Gasteiger partial charge in [-0.25, -0.2) is 14.6 Å². The number of carbonyl (C=O) groups excluding carboxylic acids is 4. The van der Waals surface area contributed by atoms with Gasteiger partial charge in [-0.2, -0.15) is 5.48 Å². The van der Waals surface area contributed by atoms with Crippen molar-refractivity contribution in [2.75, 3.05) is 20.3 Å². The van der Waals surface area contributed by atoms with E-state index in [1.165, 1.54) is 13.2 Å². The van der Waals surface area contributed by atoms with Gasteiger partial charge in [-0.05, 0) is 42.5 Å². The molecule has 2 aromatic carbocycles. The molecule has 13 nitrogen and oxygen atoms in total. The molecule has 50 heavy (non-hydrogen) atoms. The fourth-order valence-electron chi connectivity index (χ4n) is 5.18. The molecular weight excluding hydrogens is 640 g/mol. The summed E-state index contributed by atoms with van der Waals surface area (Å²) >= 11 is 0. The van der Waals surface area contributed by atoms with E-state index in [1.807, 2.05) is 72.8 Å². The molecule has 0 bridgehead atoms. The van der Waals surface area contributed by atoms with Gasteiger partial charge in [-0.15, -0.1) is 0 Å². The van der Waals surface area contributed by atoms with Crippen molar-refractivity contribution in [3.05, 3.63) is 96.2 Å². The number of hydroxylamine groups is 1. The summed E-state index contributed by atoms with van der Waals surface area (Å²) < 4.78 is 4.72. The molecule has 3 aromatic rings. The zero-order valence-corrected chi connectivity index (χ0v) is 29.2. The third-order valence-corrected chi connectivity index (χ3v) is 7.96. The molecule has 0 aliphatic carbocycles. The number of hydrazine groups is 1. The number of aromatic nitrogens is 1. The molecule has 3 rings (SSSR count). The number of nitrogens with one attached hydrogen (secondary N) is 4. The molecule has 1 unspecified atom stereocenters. The summed E-state index contributed by atoms with van der Waals surface area (Å²) in [6.07, 6.45) is 1.24. The highest BCUT2D eigenvalue weighted by Gasteiger charge is 2.32. The van der Waals surface area contributed by atoms with Crippen LogP contribution in [0.25, 0.3) is 11.3 Å². The van der Waals surface area contributed by atoms with Crippen LogP contribution >= 0.6 is 0 Å². The van der Waals surface area contributed by atoms with Crippen LogP contribution in [0.4, 0.5) is 4.79 Å². The largest absolute Gasteiger partial charge is 0.453 e. The van der Waals surface area contributed by atoms with Crippen LogP contribution in [0, 0.1) is 11.8 Å². The molecule has 5 N–H and O–H groups in total. The Morgan fingerprint density at radius 1 is 0.920 bits per heavy atom. The first-order chi connectivity index (χ1) is 24.1. The summed E-state index contributed by atoms with van der Waals surface area (Å²) in [6, 6.07) is 19.9. The van der Waals surface area contributed by atoms with E-state index in [0.29, 0.717) is 0 Å². The van der Waals surface area contributed by atoms with E-state index in [-0.39, 0.29) is 32.0 Å². The van der Waals surface area contributed by atoms with E-state index < -0.39 is 48.1 Å². The molecule has 3 amide bonds. The molecule has 0 saturated carbocycles. The summed E-state index contributed by atoms with van der Waals surface area (Å²) in [5.41, 5.74) is 8.98. The second kappa shape index (κ2) is 20.6. The maximum Gasteiger partial charge on any atom is 0.407 e. The van der Waals surface area contributed by atoms with Crippen molar-refractivity contribution in [3.63, 3.8) is 0 Å². The van der Waals surface area contributed by atoms with E-state index in [9.17, 15) is 24.3 Å². The number of ether oxygens (including phenoxy) is 1. The Kier molecular flexibility index (Phi) is 16.3. The van der Waals surface area contributed by atoms with Crippen molar-refractivity contribution in [1.29, 1.82) is 0 Å². The van der Waals surface area contributed by atoms with Crippen molar-refractivity contribution in [1.82, 2.24) is 31.5 Å². The lowest BCUT2D eigenvalue weighted by Crippen LogP contribution is -2.59. The number of alkyl carbamates (subject to hydrolysis) is 1. The van der Waals surface area contributed by atoms with Gasteiger partial charge < -0.3 is 25.3 Å². The summed E-state index contributed by atoms with van der Waals surface area (Å²) in [5.74, 6) is -0.150. The van der Waals surface area contributed by atoms with Gasteiger partial charge in [0.2, 0.25) is 5.91 Å². The van der Waals surface area contributed by atoms with Crippen LogP contribution in [0.3, 0.4) is 0 Å². The minimum absolute atomic E-state index is 0.110. The summed E-state index contributed by atoms with van der Waals surface area (Å²) in [5, 5.41) is 18.8. The number of rotatable bonds is 19. The van der Waals surface area contributed by atoms with Gasteiger partial charge in [0.25, 0.3) is 5.91 Å². The molecule has 1 heterocycles. The van der Waals surface area contributed by atoms with Gasteiger partial charge in [-0.1, -0.05) is 81.4 Å². The van der Waals surface area contributed by atoms with Crippen molar-refractivity contribution in [3.8, 4) is 11.3 Å². The van der Waals surface area contributed by atoms with E-state index in [1.54, 1.807) is 44.8 Å². The van der Waals surface area contributed by atoms with E-state index in [0.717, 1.165) is 22.4 Å². The molecule has 0 fully saturated rings. The van der Waals surface area contributed by atoms with Gasteiger partial charge in [0, 0.05) is 36.8 Å². The van der Waals surface area contributed by atoms with Crippen LogP contribution in [-0.4, -0.2) is 83.4 Å². The van der Waals surface area contributed by atoms with Crippen LogP contribution in [0.2, 0.25) is 0 Å². The first-order valence-corrected chi connectivity index (χ1v) is 16.6. The zero-order chi connectivity index (χ0) is 36.5. The Morgan fingerprint density at radius 2 is 1.62 bits per heavy atom. The van der Waals surface area contributed by atoms with Crippen LogP contribution in [0.15, 0.2) is 85.1 Å². The molecule has 0 saturated heterocycles. The molecule has 1 aromatic heterocycles. The van der Waals surface area contributed by atoms with Crippen molar-refractivity contribution in [2.45, 2.75) is 64.9 Å². The van der Waals surface area contributed by atoms with Gasteiger partial charge in [0.15, 0.2) is 0 Å². The zero-order valence-electron chi connectivity index (χ0n) is 29.2. The monoisotopic (exact) mass is 688 g/mol. The minimum atomic E-state index is -1.20. The predicted molar refractivity (Wildman–Crippen MR) is 188 cm³/mol. The molecule has 0 spiro atoms. The normalized spacial score (nSPS) is 14.1. The Balaban J connectivity index is 1.92. The lowest BCUT2D eigenvalue weighted by atomic mass is 9.98. The molecule has 0 aliphatic rings.